The van der Waals surface area contributed by atoms with E-state index in [1.807, 2.05) is 0 Å². The van der Waals surface area contributed by atoms with Gasteiger partial charge < -0.3 is 9.84 Å². The smallest absolute Gasteiger partial charge is 0.268 e. The first-order valence-corrected chi connectivity index (χ1v) is 7.75. The minimum atomic E-state index is -4.02. The van der Waals surface area contributed by atoms with Gasteiger partial charge in [-0.2, -0.15) is 0 Å². The number of nitrogens with zero attached hydrogens (tertiary/aromatic N) is 1. The Hall–Kier alpha value is -1.44. The molecule has 1 N–H and O–H groups in total. The summed E-state index contributed by atoms with van der Waals surface area (Å²) in [5.74, 6) is -0.848. The summed E-state index contributed by atoms with van der Waals surface area (Å²) in [6, 6.07) is 7.63. The number of aliphatic hydroxyl groups excluding tert-OH is 1. The van der Waals surface area contributed by atoms with Crippen LogP contribution in [0.5, 0.6) is 0 Å². The van der Waals surface area contributed by atoms with Crippen LogP contribution < -0.4 is 0 Å². The van der Waals surface area contributed by atoms with E-state index in [1.54, 1.807) is 32.0 Å². The van der Waals surface area contributed by atoms with Gasteiger partial charge in [0, 0.05) is 6.42 Å². The average Bonchev–Trinajstić information content (AvgIpc) is 2.65. The fourth-order valence-electron chi connectivity index (χ4n) is 2.08. The van der Waals surface area contributed by atoms with Crippen LogP contribution in [0.2, 0.25) is 0 Å². The summed E-state index contributed by atoms with van der Waals surface area (Å²) in [7, 11) is -4.02. The molecule has 0 radical (unpaired) electrons. The van der Waals surface area contributed by atoms with E-state index in [1.165, 1.54) is 12.1 Å². The Balaban J connectivity index is 2.39. The summed E-state index contributed by atoms with van der Waals surface area (Å²) in [4.78, 5) is 11.9. The second-order valence-electron chi connectivity index (χ2n) is 4.84. The Labute approximate surface area is 118 Å². The van der Waals surface area contributed by atoms with E-state index in [0.717, 1.165) is 0 Å². The number of hydrogen-bond acceptors (Lipinski definition) is 5. The Bertz CT molecular complexity index is 584. The van der Waals surface area contributed by atoms with Crippen LogP contribution in [0.15, 0.2) is 35.2 Å². The van der Waals surface area contributed by atoms with Gasteiger partial charge in [-0.25, -0.2) is 12.7 Å². The summed E-state index contributed by atoms with van der Waals surface area (Å²) in [5, 5.41) is 9.63. The molecule has 1 heterocycles. The van der Waals surface area contributed by atoms with E-state index >= 15 is 0 Å². The number of hydrogen-bond donors (Lipinski definition) is 1. The molecule has 7 heteroatoms. The first-order chi connectivity index (χ1) is 9.34. The molecule has 110 valence electrons. The van der Waals surface area contributed by atoms with E-state index in [2.05, 4.69) is 0 Å². The highest BCUT2D eigenvalue weighted by Crippen LogP contribution is 2.28. The molecule has 1 aromatic carbocycles. The molecule has 0 spiro atoms. The molecule has 2 rings (SSSR count). The Morgan fingerprint density at radius 3 is 2.45 bits per heavy atom. The maximum Gasteiger partial charge on any atom is 0.268 e. The van der Waals surface area contributed by atoms with Gasteiger partial charge in [-0.1, -0.05) is 18.2 Å². The summed E-state index contributed by atoms with van der Waals surface area (Å²) < 4.78 is 31.1. The van der Waals surface area contributed by atoms with Crippen LogP contribution in [-0.2, 0) is 19.6 Å². The number of aliphatic hydroxyl groups is 1. The minimum Gasteiger partial charge on any atom is -0.383 e. The van der Waals surface area contributed by atoms with Crippen molar-refractivity contribution in [3.8, 4) is 0 Å². The van der Waals surface area contributed by atoms with Crippen molar-refractivity contribution in [3.05, 3.63) is 30.3 Å². The molecule has 20 heavy (non-hydrogen) atoms. The maximum atomic E-state index is 12.5. The summed E-state index contributed by atoms with van der Waals surface area (Å²) in [6.07, 6.45) is -2.63. The van der Waals surface area contributed by atoms with Crippen LogP contribution in [0, 0.1) is 0 Å². The lowest BCUT2D eigenvalue weighted by Crippen LogP contribution is -2.42. The van der Waals surface area contributed by atoms with Gasteiger partial charge >= 0.3 is 0 Å². The van der Waals surface area contributed by atoms with Crippen molar-refractivity contribution in [3.63, 3.8) is 0 Å². The fraction of sp³-hybridized carbons (Fsp3) is 0.462. The molecular formula is C13H17NO5S. The molecule has 0 aromatic heterocycles. The Kier molecular flexibility index (Phi) is 4.12. The van der Waals surface area contributed by atoms with Gasteiger partial charge in [-0.3, -0.25) is 4.79 Å². The van der Waals surface area contributed by atoms with Crippen molar-refractivity contribution in [2.24, 2.45) is 0 Å². The number of amides is 1. The van der Waals surface area contributed by atoms with E-state index in [9.17, 15) is 18.3 Å². The molecule has 1 aliphatic rings. The zero-order chi connectivity index (χ0) is 14.9. The van der Waals surface area contributed by atoms with Crippen LogP contribution >= 0.6 is 0 Å². The van der Waals surface area contributed by atoms with Crippen LogP contribution in [0.25, 0.3) is 0 Å². The number of carbonyl (C=O) groups is 1. The monoisotopic (exact) mass is 299 g/mol. The van der Waals surface area contributed by atoms with E-state index in [4.69, 9.17) is 4.74 Å². The van der Waals surface area contributed by atoms with Crippen molar-refractivity contribution >= 4 is 15.9 Å². The second kappa shape index (κ2) is 5.51. The van der Waals surface area contributed by atoms with Gasteiger partial charge in [-0.05, 0) is 26.0 Å². The first kappa shape index (κ1) is 15.0. The molecule has 6 nitrogen and oxygen atoms in total. The van der Waals surface area contributed by atoms with Crippen LogP contribution in [0.4, 0.5) is 0 Å². The van der Waals surface area contributed by atoms with Crippen molar-refractivity contribution in [2.45, 2.75) is 43.6 Å². The van der Waals surface area contributed by atoms with E-state index < -0.39 is 28.3 Å². The molecular weight excluding hydrogens is 282 g/mol. The third-order valence-corrected chi connectivity index (χ3v) is 4.72. The number of sulfonamides is 1. The summed E-state index contributed by atoms with van der Waals surface area (Å²) >= 11 is 0. The zero-order valence-corrected chi connectivity index (χ0v) is 12.1. The first-order valence-electron chi connectivity index (χ1n) is 6.31. The number of carbonyl (C=O) groups excluding carboxylic acids is 1. The largest absolute Gasteiger partial charge is 0.383 e. The van der Waals surface area contributed by atoms with E-state index in [-0.39, 0.29) is 17.4 Å². The maximum absolute atomic E-state index is 12.5. The van der Waals surface area contributed by atoms with Crippen LogP contribution in [-0.4, -0.2) is 42.2 Å². The van der Waals surface area contributed by atoms with Gasteiger partial charge in [0.05, 0.1) is 11.0 Å². The van der Waals surface area contributed by atoms with Crippen molar-refractivity contribution in [1.82, 2.24) is 4.31 Å². The highest BCUT2D eigenvalue weighted by Gasteiger charge is 2.46. The molecule has 1 fully saturated rings. The highest BCUT2D eigenvalue weighted by molar-refractivity contribution is 7.89. The summed E-state index contributed by atoms with van der Waals surface area (Å²) in [5.41, 5.74) is 0. The highest BCUT2D eigenvalue weighted by atomic mass is 32.2. The SMILES string of the molecule is CC(C)O[C@H]1C[C@H](O)C(=O)N1S(=O)(=O)c1ccccc1. The molecule has 0 aliphatic carbocycles. The molecule has 1 aromatic rings. The van der Waals surface area contributed by atoms with Crippen molar-refractivity contribution in [1.29, 1.82) is 0 Å². The number of ether oxygens (including phenoxy) is 1. The van der Waals surface area contributed by atoms with Crippen LogP contribution in [0.3, 0.4) is 0 Å². The lowest BCUT2D eigenvalue weighted by Gasteiger charge is -2.25. The van der Waals surface area contributed by atoms with Crippen molar-refractivity contribution in [2.75, 3.05) is 0 Å². The normalized spacial score (nSPS) is 23.6. The zero-order valence-electron chi connectivity index (χ0n) is 11.3. The molecule has 0 unspecified atom stereocenters. The fourth-order valence-corrected chi connectivity index (χ4v) is 3.61. The third-order valence-electron chi connectivity index (χ3n) is 2.92. The molecule has 1 saturated heterocycles. The lowest BCUT2D eigenvalue weighted by atomic mass is 10.3. The topological polar surface area (TPSA) is 83.9 Å². The molecule has 0 bridgehead atoms. The van der Waals surface area contributed by atoms with E-state index in [0.29, 0.717) is 4.31 Å². The van der Waals surface area contributed by atoms with Crippen molar-refractivity contribution < 1.29 is 23.1 Å². The van der Waals surface area contributed by atoms with Gasteiger partial charge in [-0.15, -0.1) is 0 Å². The average molecular weight is 299 g/mol. The third kappa shape index (κ3) is 2.70. The number of rotatable bonds is 4. The minimum absolute atomic E-state index is 0.000180. The Morgan fingerprint density at radius 2 is 1.90 bits per heavy atom. The molecule has 1 amide bonds. The van der Waals surface area contributed by atoms with Gasteiger partial charge in [0.1, 0.15) is 6.10 Å². The summed E-state index contributed by atoms with van der Waals surface area (Å²) in [6.45, 7) is 3.48. The predicted molar refractivity (Wildman–Crippen MR) is 71.1 cm³/mol. The van der Waals surface area contributed by atoms with Gasteiger partial charge in [0.15, 0.2) is 6.23 Å². The lowest BCUT2D eigenvalue weighted by molar-refractivity contribution is -0.134. The number of benzene rings is 1. The second-order valence-corrected chi connectivity index (χ2v) is 6.66. The Morgan fingerprint density at radius 1 is 1.30 bits per heavy atom. The molecule has 0 saturated carbocycles. The van der Waals surface area contributed by atoms with Crippen LogP contribution in [0.1, 0.15) is 20.3 Å². The quantitative estimate of drug-likeness (QED) is 0.885. The molecule has 2 atom stereocenters. The molecule has 1 aliphatic heterocycles. The standard InChI is InChI=1S/C13H17NO5S/c1-9(2)19-12-8-11(15)13(16)14(12)20(17,18)10-6-4-3-5-7-10/h3-7,9,11-12,15H,8H2,1-2H3/t11-,12-/m0/s1. The van der Waals surface area contributed by atoms with Gasteiger partial charge in [0.2, 0.25) is 0 Å². The van der Waals surface area contributed by atoms with Gasteiger partial charge in [0.25, 0.3) is 15.9 Å². The predicted octanol–water partition coefficient (Wildman–Crippen LogP) is 0.720.